The number of rotatable bonds is 16. The van der Waals surface area contributed by atoms with Crippen molar-refractivity contribution in [3.63, 3.8) is 0 Å². The topological polar surface area (TPSA) is 187 Å². The summed E-state index contributed by atoms with van der Waals surface area (Å²) < 4.78 is 46.2. The average Bonchev–Trinajstić information content (AvgIpc) is 4.38. The molecule has 20 heteroatoms. The molecule has 0 saturated carbocycles. The number of methoxy groups -OCH3 is 2. The van der Waals surface area contributed by atoms with Gasteiger partial charge in [-0.05, 0) is 54.4 Å². The lowest BCUT2D eigenvalue weighted by Gasteiger charge is -2.37. The molecule has 12 rings (SSSR count). The molecular formula is C63H80N12O7S. The van der Waals surface area contributed by atoms with Gasteiger partial charge >= 0.3 is 0 Å². The summed E-state index contributed by atoms with van der Waals surface area (Å²) in [6.45, 7) is 9.58. The van der Waals surface area contributed by atoms with Gasteiger partial charge in [0.1, 0.15) is 6.10 Å². The van der Waals surface area contributed by atoms with Crippen molar-refractivity contribution < 1.29 is 32.3 Å². The standard InChI is InChI=1S/C17H23N3O2.C16H21N3O3S.C15H19N3O2.C15H17N3/c1-21-15-8-10-19(13-16(15)22-2)17-9-11-20(18-17)12-14-6-4-3-5-7-14;1-23(20,21)22-15-7-10-18(11-8-15)16-9-12-19(17-16)13-14-5-3-2-4-6-14;19-13-6-8-17(11-14(13)20)15-7-9-18(16-15)10-12-4-2-1-3-5-12;1-3-7-14(8-4-1)13-18-12-9-15(16-18)17-10-5-2-6-11-17/h3-7,9,11,15-16H,8,10,12-13H2,1-2H3;2-6,9,12,15H,7-8,10-11,13H2,1H3;1-5,7,9,13-14,19-20H,6,8,10-11H2;1-5,7-9,12H,6,10-11,13H2/t15-,16+;;13-,14+;/m1.1./s1. The molecule has 3 saturated heterocycles. The van der Waals surface area contributed by atoms with E-state index in [9.17, 15) is 18.6 Å². The number of benzene rings is 4. The van der Waals surface area contributed by atoms with E-state index in [1.807, 2.05) is 103 Å². The average molecular weight is 1150 g/mol. The van der Waals surface area contributed by atoms with Gasteiger partial charge in [0.2, 0.25) is 0 Å². The summed E-state index contributed by atoms with van der Waals surface area (Å²) in [6.07, 6.45) is 16.3. The van der Waals surface area contributed by atoms with E-state index in [1.54, 1.807) is 14.2 Å². The molecule has 8 heterocycles. The van der Waals surface area contributed by atoms with Gasteiger partial charge in [-0.3, -0.25) is 22.9 Å². The molecule has 83 heavy (non-hydrogen) atoms. The predicted octanol–water partition coefficient (Wildman–Crippen LogP) is 7.61. The van der Waals surface area contributed by atoms with Crippen molar-refractivity contribution in [2.24, 2.45) is 0 Å². The highest BCUT2D eigenvalue weighted by molar-refractivity contribution is 7.86. The van der Waals surface area contributed by atoms with E-state index in [0.717, 1.165) is 114 Å². The minimum atomic E-state index is -3.37. The SMILES string of the molecule is C1=CCN(c2ccn(Cc3ccccc3)n2)CC1.CO[C@H]1CN(c2ccn(Cc3ccccc3)n2)CC[C@H]1OC.CS(=O)(=O)OC1CCN(c2ccn(Cc3ccccc3)n2)CC1.O[C@@H]1CCN(c2ccn(Cc3ccccc3)n2)C[C@@H]1O. The Labute approximate surface area is 488 Å². The zero-order valence-corrected chi connectivity index (χ0v) is 48.8. The molecule has 19 nitrogen and oxygen atoms in total. The Morgan fingerprint density at radius 2 is 0.831 bits per heavy atom. The van der Waals surface area contributed by atoms with Crippen LogP contribution in [0.3, 0.4) is 0 Å². The molecule has 0 spiro atoms. The normalized spacial score (nSPS) is 19.2. The minimum Gasteiger partial charge on any atom is -0.390 e. The fourth-order valence-corrected chi connectivity index (χ4v) is 11.2. The number of nitrogens with zero attached hydrogens (tertiary/aromatic N) is 12. The van der Waals surface area contributed by atoms with Crippen LogP contribution in [0, 0.1) is 0 Å². The molecule has 4 atom stereocenters. The van der Waals surface area contributed by atoms with Gasteiger partial charge in [0.15, 0.2) is 23.3 Å². The highest BCUT2D eigenvalue weighted by Crippen LogP contribution is 2.24. The van der Waals surface area contributed by atoms with E-state index in [2.05, 4.69) is 133 Å². The van der Waals surface area contributed by atoms with Gasteiger partial charge in [0.25, 0.3) is 10.1 Å². The second-order valence-corrected chi connectivity index (χ2v) is 22.9. The lowest BCUT2D eigenvalue weighted by atomic mass is 10.0. The molecule has 0 bridgehead atoms. The van der Waals surface area contributed by atoms with Crippen LogP contribution in [0.15, 0.2) is 183 Å². The molecule has 0 amide bonds. The number of β-amino-alcohol motifs (C(OH)–C–C–N with tert-alkyl or cyclic N) is 1. The zero-order chi connectivity index (χ0) is 57.8. The molecule has 0 unspecified atom stereocenters. The smallest absolute Gasteiger partial charge is 0.264 e. The summed E-state index contributed by atoms with van der Waals surface area (Å²) in [4.78, 5) is 8.76. The Kier molecular flexibility index (Phi) is 21.8. The van der Waals surface area contributed by atoms with Gasteiger partial charge < -0.3 is 39.3 Å². The maximum Gasteiger partial charge on any atom is 0.264 e. The van der Waals surface area contributed by atoms with Crippen LogP contribution in [0.2, 0.25) is 0 Å². The molecule has 8 aromatic rings. The highest BCUT2D eigenvalue weighted by atomic mass is 32.2. The monoisotopic (exact) mass is 1150 g/mol. The zero-order valence-electron chi connectivity index (χ0n) is 47.9. The van der Waals surface area contributed by atoms with Crippen molar-refractivity contribution in [2.75, 3.05) is 92.4 Å². The molecule has 4 aliphatic rings. The van der Waals surface area contributed by atoms with Gasteiger partial charge in [-0.15, -0.1) is 0 Å². The molecule has 0 radical (unpaired) electrons. The second-order valence-electron chi connectivity index (χ2n) is 21.3. The van der Waals surface area contributed by atoms with Gasteiger partial charge in [0, 0.05) is 116 Å². The van der Waals surface area contributed by atoms with Crippen LogP contribution in [0.1, 0.15) is 54.4 Å². The van der Waals surface area contributed by atoms with Gasteiger partial charge in [0.05, 0.1) is 56.9 Å². The van der Waals surface area contributed by atoms with Crippen molar-refractivity contribution in [1.82, 2.24) is 39.1 Å². The van der Waals surface area contributed by atoms with E-state index in [0.29, 0.717) is 25.8 Å². The van der Waals surface area contributed by atoms with Crippen LogP contribution in [-0.2, 0) is 50.0 Å². The lowest BCUT2D eigenvalue weighted by molar-refractivity contribution is -0.0442. The number of piperidine rings is 3. The molecule has 4 aliphatic heterocycles. The predicted molar refractivity (Wildman–Crippen MR) is 325 cm³/mol. The number of hydrogen-bond acceptors (Lipinski definition) is 15. The number of anilines is 4. The molecule has 4 aromatic carbocycles. The van der Waals surface area contributed by atoms with Crippen molar-refractivity contribution in [3.8, 4) is 0 Å². The van der Waals surface area contributed by atoms with Gasteiger partial charge in [-0.25, -0.2) is 0 Å². The maximum absolute atomic E-state index is 11.2. The van der Waals surface area contributed by atoms with E-state index in [4.69, 9.17) is 18.8 Å². The van der Waals surface area contributed by atoms with Crippen LogP contribution in [0.5, 0.6) is 0 Å². The summed E-state index contributed by atoms with van der Waals surface area (Å²) in [5.41, 5.74) is 4.95. The number of aliphatic hydroxyl groups excluding tert-OH is 2. The Morgan fingerprint density at radius 1 is 0.446 bits per heavy atom. The first kappa shape index (κ1) is 60.0. The molecule has 3 fully saturated rings. The van der Waals surface area contributed by atoms with Crippen LogP contribution in [-0.4, -0.2) is 161 Å². The highest BCUT2D eigenvalue weighted by Gasteiger charge is 2.31. The number of hydrogen-bond donors (Lipinski definition) is 2. The quantitative estimate of drug-likeness (QED) is 0.0711. The van der Waals surface area contributed by atoms with Crippen LogP contribution in [0.25, 0.3) is 0 Å². The molecule has 0 aliphatic carbocycles. The van der Waals surface area contributed by atoms with Crippen LogP contribution < -0.4 is 19.6 Å². The molecular weight excluding hydrogens is 1070 g/mol. The van der Waals surface area contributed by atoms with Crippen molar-refractivity contribution >= 4 is 33.4 Å². The number of ether oxygens (including phenoxy) is 2. The van der Waals surface area contributed by atoms with Gasteiger partial charge in [-0.1, -0.05) is 133 Å². The van der Waals surface area contributed by atoms with Gasteiger partial charge in [-0.2, -0.15) is 28.8 Å². The van der Waals surface area contributed by atoms with Crippen molar-refractivity contribution in [1.29, 1.82) is 0 Å². The Bertz CT molecular complexity index is 3280. The largest absolute Gasteiger partial charge is 0.390 e. The lowest BCUT2D eigenvalue weighted by Crippen LogP contribution is -2.48. The Balaban J connectivity index is 0.000000133. The molecule has 4 aromatic heterocycles. The Hall–Kier alpha value is -7.59. The maximum atomic E-state index is 11.2. The first-order valence-corrected chi connectivity index (χ1v) is 30.5. The number of aliphatic hydroxyl groups is 2. The third-order valence-corrected chi connectivity index (χ3v) is 15.6. The molecule has 2 N–H and O–H groups in total. The van der Waals surface area contributed by atoms with E-state index in [-0.39, 0.29) is 18.3 Å². The third-order valence-electron chi connectivity index (χ3n) is 15.0. The summed E-state index contributed by atoms with van der Waals surface area (Å²) in [7, 11) is 0.121. The third kappa shape index (κ3) is 18.5. The van der Waals surface area contributed by atoms with E-state index < -0.39 is 22.3 Å². The van der Waals surface area contributed by atoms with Crippen LogP contribution in [0.4, 0.5) is 23.3 Å². The molecule has 440 valence electrons. The first-order chi connectivity index (χ1) is 40.4. The van der Waals surface area contributed by atoms with Crippen molar-refractivity contribution in [3.05, 3.63) is 205 Å². The minimum absolute atomic E-state index is 0.0954. The van der Waals surface area contributed by atoms with E-state index in [1.165, 1.54) is 22.3 Å². The summed E-state index contributed by atoms with van der Waals surface area (Å²) in [5, 5.41) is 37.7. The summed E-state index contributed by atoms with van der Waals surface area (Å²) in [5.74, 6) is 3.87. The van der Waals surface area contributed by atoms with E-state index >= 15 is 0 Å². The second kappa shape index (κ2) is 30.1. The van der Waals surface area contributed by atoms with Crippen LogP contribution >= 0.6 is 0 Å². The fraction of sp³-hybridized carbons (Fsp3) is 0.397. The van der Waals surface area contributed by atoms with Crippen molar-refractivity contribution in [2.45, 2.75) is 88.8 Å². The summed E-state index contributed by atoms with van der Waals surface area (Å²) >= 11 is 0. The Morgan fingerprint density at radius 3 is 1.22 bits per heavy atom. The fourth-order valence-electron chi connectivity index (χ4n) is 10.5. The first-order valence-electron chi connectivity index (χ1n) is 28.7. The number of aromatic nitrogens is 8. The summed E-state index contributed by atoms with van der Waals surface area (Å²) in [6, 6.07) is 49.3.